The standard InChI is InChI=1S/C34H37N5O4/c1-33(2,3)42-31(40)38(25-13-9-7-10-14-25)36-23-17-19-27-28-20-18-24(22-30(28)35-29(27)21-23)37-39(26-15-11-8-12-16-26)32(41)43-34(4,5)6/h7-22,35-37H,1-6H3. The molecule has 2 amide bonds. The SMILES string of the molecule is CC(C)(C)OC(=O)N(Nc1ccc2c(c1)[nH]c1cc(NN(C(=O)OC(C)(C)C)c3ccccc3)ccc12)c1ccccc1. The van der Waals surface area contributed by atoms with Gasteiger partial charge in [-0.1, -0.05) is 48.5 Å². The molecule has 1 aromatic heterocycles. The first-order valence-electron chi connectivity index (χ1n) is 14.1. The van der Waals surface area contributed by atoms with Gasteiger partial charge in [-0.05, 0) is 90.1 Å². The summed E-state index contributed by atoms with van der Waals surface area (Å²) < 4.78 is 11.3. The van der Waals surface area contributed by atoms with Crippen LogP contribution in [-0.4, -0.2) is 28.4 Å². The highest BCUT2D eigenvalue weighted by Crippen LogP contribution is 2.31. The lowest BCUT2D eigenvalue weighted by atomic mass is 10.1. The van der Waals surface area contributed by atoms with Crippen LogP contribution in [0.25, 0.3) is 21.8 Å². The van der Waals surface area contributed by atoms with Crippen molar-refractivity contribution < 1.29 is 19.1 Å². The highest BCUT2D eigenvalue weighted by Gasteiger charge is 2.25. The number of rotatable bonds is 6. The van der Waals surface area contributed by atoms with Gasteiger partial charge in [-0.15, -0.1) is 0 Å². The van der Waals surface area contributed by atoms with E-state index in [9.17, 15) is 9.59 Å². The van der Waals surface area contributed by atoms with Gasteiger partial charge in [-0.25, -0.2) is 9.59 Å². The summed E-state index contributed by atoms with van der Waals surface area (Å²) in [5.74, 6) is 0. The Hall–Kier alpha value is -5.18. The van der Waals surface area contributed by atoms with Gasteiger partial charge in [0.2, 0.25) is 0 Å². The lowest BCUT2D eigenvalue weighted by Crippen LogP contribution is -2.40. The molecule has 0 radical (unpaired) electrons. The van der Waals surface area contributed by atoms with Gasteiger partial charge in [-0.3, -0.25) is 10.9 Å². The number of hydrazine groups is 2. The Balaban J connectivity index is 1.44. The fraction of sp³-hybridized carbons (Fsp3) is 0.235. The van der Waals surface area contributed by atoms with Gasteiger partial charge in [0.1, 0.15) is 11.2 Å². The minimum absolute atomic E-state index is 0.515. The fourth-order valence-electron chi connectivity index (χ4n) is 4.51. The van der Waals surface area contributed by atoms with E-state index in [-0.39, 0.29) is 0 Å². The van der Waals surface area contributed by atoms with Crippen LogP contribution in [0.5, 0.6) is 0 Å². The molecular weight excluding hydrogens is 542 g/mol. The molecule has 5 rings (SSSR count). The van der Waals surface area contributed by atoms with Gasteiger partial charge in [0.25, 0.3) is 0 Å². The summed E-state index contributed by atoms with van der Waals surface area (Å²) in [6.07, 6.45) is -1.03. The van der Waals surface area contributed by atoms with Gasteiger partial charge in [0.15, 0.2) is 0 Å². The van der Waals surface area contributed by atoms with Crippen LogP contribution in [0.1, 0.15) is 41.5 Å². The normalized spacial score (nSPS) is 11.7. The Kier molecular flexibility index (Phi) is 7.91. The molecule has 5 aromatic rings. The molecule has 0 aliphatic carbocycles. The first-order chi connectivity index (χ1) is 20.4. The van der Waals surface area contributed by atoms with Crippen molar-refractivity contribution >= 4 is 56.7 Å². The van der Waals surface area contributed by atoms with E-state index in [2.05, 4.69) is 15.8 Å². The number of nitrogens with one attached hydrogen (secondary N) is 3. The average molecular weight is 580 g/mol. The van der Waals surface area contributed by atoms with E-state index >= 15 is 0 Å². The zero-order valence-corrected chi connectivity index (χ0v) is 25.3. The number of ether oxygens (including phenoxy) is 2. The van der Waals surface area contributed by atoms with Crippen LogP contribution >= 0.6 is 0 Å². The first-order valence-corrected chi connectivity index (χ1v) is 14.1. The van der Waals surface area contributed by atoms with E-state index in [1.807, 2.05) is 139 Å². The number of fused-ring (bicyclic) bond motifs is 3. The molecule has 0 bridgehead atoms. The zero-order chi connectivity index (χ0) is 30.8. The highest BCUT2D eigenvalue weighted by molar-refractivity contribution is 6.09. The predicted molar refractivity (Wildman–Crippen MR) is 173 cm³/mol. The number of nitrogens with zero attached hydrogens (tertiary/aromatic N) is 2. The van der Waals surface area contributed by atoms with E-state index < -0.39 is 23.4 Å². The molecule has 0 spiro atoms. The van der Waals surface area contributed by atoms with E-state index in [0.717, 1.165) is 21.8 Å². The van der Waals surface area contributed by atoms with Crippen LogP contribution in [0.2, 0.25) is 0 Å². The van der Waals surface area contributed by atoms with E-state index in [1.54, 1.807) is 0 Å². The summed E-state index contributed by atoms with van der Waals surface area (Å²) in [7, 11) is 0. The van der Waals surface area contributed by atoms with Crippen molar-refractivity contribution in [1.29, 1.82) is 0 Å². The third kappa shape index (κ3) is 7.19. The number of carbonyl (C=O) groups excluding carboxylic acids is 2. The second-order valence-electron chi connectivity index (χ2n) is 12.2. The molecule has 9 heteroatoms. The van der Waals surface area contributed by atoms with Crippen molar-refractivity contribution in [3.63, 3.8) is 0 Å². The molecule has 1 heterocycles. The number of benzene rings is 4. The lowest BCUT2D eigenvalue weighted by molar-refractivity contribution is 0.0578. The third-order valence-corrected chi connectivity index (χ3v) is 6.26. The van der Waals surface area contributed by atoms with Crippen LogP contribution in [0.4, 0.5) is 32.3 Å². The molecule has 0 fully saturated rings. The number of aromatic nitrogens is 1. The fourth-order valence-corrected chi connectivity index (χ4v) is 4.51. The monoisotopic (exact) mass is 579 g/mol. The third-order valence-electron chi connectivity index (χ3n) is 6.26. The molecular formula is C34H37N5O4. The van der Waals surface area contributed by atoms with Crippen LogP contribution in [0.15, 0.2) is 97.1 Å². The molecule has 0 aliphatic heterocycles. The highest BCUT2D eigenvalue weighted by atomic mass is 16.6. The summed E-state index contributed by atoms with van der Waals surface area (Å²) >= 11 is 0. The number of hydrogen-bond donors (Lipinski definition) is 3. The number of anilines is 4. The molecule has 0 unspecified atom stereocenters. The van der Waals surface area contributed by atoms with Crippen molar-refractivity contribution in [2.45, 2.75) is 52.7 Å². The maximum atomic E-state index is 13.1. The lowest BCUT2D eigenvalue weighted by Gasteiger charge is -2.28. The summed E-state index contributed by atoms with van der Waals surface area (Å²) in [6.45, 7) is 11.0. The van der Waals surface area contributed by atoms with Gasteiger partial charge < -0.3 is 14.5 Å². The summed E-state index contributed by atoms with van der Waals surface area (Å²) in [5.41, 5.74) is 9.56. The van der Waals surface area contributed by atoms with Crippen LogP contribution < -0.4 is 20.9 Å². The number of H-pyrrole nitrogens is 1. The van der Waals surface area contributed by atoms with Crippen molar-refractivity contribution in [2.24, 2.45) is 0 Å². The summed E-state index contributed by atoms with van der Waals surface area (Å²) in [5, 5.41) is 4.82. The molecule has 43 heavy (non-hydrogen) atoms. The topological polar surface area (TPSA) is 98.9 Å². The molecule has 0 atom stereocenters. The van der Waals surface area contributed by atoms with E-state index in [1.165, 1.54) is 10.0 Å². The number of hydrogen-bond acceptors (Lipinski definition) is 6. The Bertz CT molecular complexity index is 1610. The number of para-hydroxylation sites is 2. The quantitative estimate of drug-likeness (QED) is 0.174. The van der Waals surface area contributed by atoms with Gasteiger partial charge in [-0.2, -0.15) is 10.0 Å². The minimum Gasteiger partial charge on any atom is -0.442 e. The number of aromatic amines is 1. The largest absolute Gasteiger partial charge is 0.442 e. The minimum atomic E-state index is -0.655. The van der Waals surface area contributed by atoms with Gasteiger partial charge in [0, 0.05) is 21.8 Å². The Labute approximate surface area is 251 Å². The van der Waals surface area contributed by atoms with Crippen LogP contribution in [0.3, 0.4) is 0 Å². The number of amides is 2. The summed E-state index contributed by atoms with van der Waals surface area (Å²) in [6, 6.07) is 30.3. The smallest absolute Gasteiger partial charge is 0.433 e. The van der Waals surface area contributed by atoms with Crippen molar-refractivity contribution in [1.82, 2.24) is 4.98 Å². The van der Waals surface area contributed by atoms with Gasteiger partial charge >= 0.3 is 12.2 Å². The van der Waals surface area contributed by atoms with Crippen molar-refractivity contribution in [3.8, 4) is 0 Å². The van der Waals surface area contributed by atoms with E-state index in [4.69, 9.17) is 9.47 Å². The molecule has 222 valence electrons. The average Bonchev–Trinajstić information content (AvgIpc) is 3.30. The second-order valence-corrected chi connectivity index (χ2v) is 12.2. The molecule has 9 nitrogen and oxygen atoms in total. The first kappa shape index (κ1) is 29.3. The van der Waals surface area contributed by atoms with Gasteiger partial charge in [0.05, 0.1) is 22.7 Å². The number of carbonyl (C=O) groups is 2. The predicted octanol–water partition coefficient (Wildman–Crippen LogP) is 8.86. The molecule has 3 N–H and O–H groups in total. The molecule has 4 aromatic carbocycles. The Morgan fingerprint density at radius 1 is 0.581 bits per heavy atom. The molecule has 0 saturated carbocycles. The van der Waals surface area contributed by atoms with Crippen molar-refractivity contribution in [3.05, 3.63) is 97.1 Å². The Morgan fingerprint density at radius 3 is 1.30 bits per heavy atom. The Morgan fingerprint density at radius 2 is 0.953 bits per heavy atom. The van der Waals surface area contributed by atoms with Crippen molar-refractivity contribution in [2.75, 3.05) is 20.9 Å². The second kappa shape index (κ2) is 11.6. The van der Waals surface area contributed by atoms with Crippen LogP contribution in [0, 0.1) is 0 Å². The zero-order valence-electron chi connectivity index (χ0n) is 25.3. The maximum absolute atomic E-state index is 13.1. The van der Waals surface area contributed by atoms with Crippen LogP contribution in [-0.2, 0) is 9.47 Å². The molecule has 0 saturated heterocycles. The van der Waals surface area contributed by atoms with E-state index in [0.29, 0.717) is 22.7 Å². The maximum Gasteiger partial charge on any atom is 0.433 e. The summed E-state index contributed by atoms with van der Waals surface area (Å²) in [4.78, 5) is 29.7. The molecule has 0 aliphatic rings.